The van der Waals surface area contributed by atoms with Crippen molar-refractivity contribution >= 4 is 11.8 Å². The van der Waals surface area contributed by atoms with E-state index in [1.54, 1.807) is 0 Å². The molecule has 1 unspecified atom stereocenters. The van der Waals surface area contributed by atoms with Crippen molar-refractivity contribution in [2.75, 3.05) is 6.54 Å². The van der Waals surface area contributed by atoms with Crippen molar-refractivity contribution < 1.29 is 23.5 Å². The summed E-state index contributed by atoms with van der Waals surface area (Å²) >= 11 is 0. The largest absolute Gasteiger partial charge is 0.381 e. The molecule has 0 aliphatic heterocycles. The summed E-state index contributed by atoms with van der Waals surface area (Å²) in [5, 5.41) is 11.2. The molecule has 98 valence electrons. The Kier molecular flexibility index (Phi) is 4.73. The molecule has 18 heavy (non-hydrogen) atoms. The van der Waals surface area contributed by atoms with Gasteiger partial charge in [0, 0.05) is 5.56 Å². The predicted molar refractivity (Wildman–Crippen MR) is 58.3 cm³/mol. The Hall–Kier alpha value is -2.02. The van der Waals surface area contributed by atoms with Gasteiger partial charge in [0.15, 0.2) is 0 Å². The van der Waals surface area contributed by atoms with E-state index in [0.29, 0.717) is 0 Å². The van der Waals surface area contributed by atoms with E-state index in [1.807, 2.05) is 0 Å². The summed E-state index contributed by atoms with van der Waals surface area (Å²) in [7, 11) is 0. The van der Waals surface area contributed by atoms with Crippen LogP contribution >= 0.6 is 0 Å². The zero-order valence-corrected chi connectivity index (χ0v) is 9.32. The molecule has 5 nitrogen and oxygen atoms in total. The fourth-order valence-corrected chi connectivity index (χ4v) is 1.24. The molecule has 2 amide bonds. The number of nitrogens with two attached hydrogens (primary N) is 1. The summed E-state index contributed by atoms with van der Waals surface area (Å²) in [6.45, 7) is -0.399. The van der Waals surface area contributed by atoms with Crippen LogP contribution in [0.1, 0.15) is 5.56 Å². The van der Waals surface area contributed by atoms with E-state index in [2.05, 4.69) is 5.32 Å². The van der Waals surface area contributed by atoms with Crippen LogP contribution in [0, 0.1) is 11.6 Å². The van der Waals surface area contributed by atoms with Crippen LogP contribution in [0.15, 0.2) is 18.2 Å². The summed E-state index contributed by atoms with van der Waals surface area (Å²) < 4.78 is 26.4. The third kappa shape index (κ3) is 3.77. The van der Waals surface area contributed by atoms with E-state index in [-0.39, 0.29) is 5.56 Å². The van der Waals surface area contributed by atoms with Gasteiger partial charge in [-0.15, -0.1) is 0 Å². The van der Waals surface area contributed by atoms with Crippen LogP contribution in [-0.2, 0) is 16.0 Å². The predicted octanol–water partition coefficient (Wildman–Crippen LogP) is -0.530. The molecule has 0 aliphatic rings. The lowest BCUT2D eigenvalue weighted by atomic mass is 10.1. The molecular weight excluding hydrogens is 246 g/mol. The topological polar surface area (TPSA) is 92.4 Å². The lowest BCUT2D eigenvalue weighted by Gasteiger charge is -2.09. The highest BCUT2D eigenvalue weighted by Gasteiger charge is 2.15. The summed E-state index contributed by atoms with van der Waals surface area (Å²) in [5.74, 6) is -3.38. The van der Waals surface area contributed by atoms with Gasteiger partial charge < -0.3 is 16.2 Å². The number of amides is 2. The van der Waals surface area contributed by atoms with E-state index >= 15 is 0 Å². The SMILES string of the molecule is NC(=O)C(O)CNC(=O)Cc1c(F)cccc1F. The van der Waals surface area contributed by atoms with Gasteiger partial charge in [0.25, 0.3) is 0 Å². The molecule has 0 radical (unpaired) electrons. The van der Waals surface area contributed by atoms with Crippen molar-refractivity contribution in [3.8, 4) is 0 Å². The van der Waals surface area contributed by atoms with E-state index in [9.17, 15) is 18.4 Å². The Bertz CT molecular complexity index is 445. The monoisotopic (exact) mass is 258 g/mol. The number of aliphatic hydroxyl groups is 1. The standard InChI is InChI=1S/C11H12F2N2O3/c12-7-2-1-3-8(13)6(7)4-10(17)15-5-9(16)11(14)18/h1-3,9,16H,4-5H2,(H2,14,18)(H,15,17). The summed E-state index contributed by atoms with van der Waals surface area (Å²) in [5.41, 5.74) is 4.39. The van der Waals surface area contributed by atoms with Crippen molar-refractivity contribution in [3.05, 3.63) is 35.4 Å². The van der Waals surface area contributed by atoms with Crippen molar-refractivity contribution in [3.63, 3.8) is 0 Å². The molecule has 4 N–H and O–H groups in total. The first-order valence-electron chi connectivity index (χ1n) is 5.08. The van der Waals surface area contributed by atoms with Gasteiger partial charge in [-0.3, -0.25) is 9.59 Å². The lowest BCUT2D eigenvalue weighted by molar-refractivity contribution is -0.126. The van der Waals surface area contributed by atoms with Gasteiger partial charge in [-0.1, -0.05) is 6.07 Å². The zero-order valence-electron chi connectivity index (χ0n) is 9.32. The molecule has 7 heteroatoms. The van der Waals surface area contributed by atoms with Gasteiger partial charge in [0.05, 0.1) is 13.0 Å². The average molecular weight is 258 g/mol. The number of carbonyl (C=O) groups excluding carboxylic acids is 2. The highest BCUT2D eigenvalue weighted by atomic mass is 19.1. The fourth-order valence-electron chi connectivity index (χ4n) is 1.24. The van der Waals surface area contributed by atoms with Crippen LogP contribution in [0.3, 0.4) is 0 Å². The highest BCUT2D eigenvalue weighted by Crippen LogP contribution is 2.12. The Labute approximate surface area is 102 Å². The number of halogens is 2. The summed E-state index contributed by atoms with van der Waals surface area (Å²) in [6, 6.07) is 3.25. The number of primary amides is 1. The highest BCUT2D eigenvalue weighted by molar-refractivity contribution is 5.81. The number of aliphatic hydroxyl groups excluding tert-OH is 1. The van der Waals surface area contributed by atoms with E-state index in [4.69, 9.17) is 10.8 Å². The average Bonchev–Trinajstić information content (AvgIpc) is 2.30. The molecule has 0 spiro atoms. The van der Waals surface area contributed by atoms with E-state index in [1.165, 1.54) is 6.07 Å². The number of hydrogen-bond donors (Lipinski definition) is 3. The number of nitrogens with one attached hydrogen (secondary N) is 1. The number of carbonyl (C=O) groups is 2. The molecule has 0 saturated heterocycles. The maximum atomic E-state index is 13.2. The van der Waals surface area contributed by atoms with Crippen LogP contribution in [0.5, 0.6) is 0 Å². The first-order chi connectivity index (χ1) is 8.41. The summed E-state index contributed by atoms with van der Waals surface area (Å²) in [4.78, 5) is 21.8. The normalized spacial score (nSPS) is 11.9. The van der Waals surface area contributed by atoms with Crippen LogP contribution in [0.25, 0.3) is 0 Å². The fraction of sp³-hybridized carbons (Fsp3) is 0.273. The zero-order chi connectivity index (χ0) is 13.7. The maximum Gasteiger partial charge on any atom is 0.248 e. The molecule has 0 bridgehead atoms. The lowest BCUT2D eigenvalue weighted by Crippen LogP contribution is -2.40. The molecule has 0 aliphatic carbocycles. The van der Waals surface area contributed by atoms with Gasteiger partial charge in [0.2, 0.25) is 11.8 Å². The Morgan fingerprint density at radius 2 is 1.89 bits per heavy atom. The molecule has 1 aromatic carbocycles. The van der Waals surface area contributed by atoms with Gasteiger partial charge in [-0.2, -0.15) is 0 Å². The molecule has 1 atom stereocenters. The molecule has 1 rings (SSSR count). The van der Waals surface area contributed by atoms with Crippen molar-refractivity contribution in [1.82, 2.24) is 5.32 Å². The van der Waals surface area contributed by atoms with E-state index < -0.39 is 42.5 Å². The minimum absolute atomic E-state index is 0.372. The van der Waals surface area contributed by atoms with Gasteiger partial charge in [-0.05, 0) is 12.1 Å². The molecule has 0 saturated carbocycles. The molecule has 0 aromatic heterocycles. The smallest absolute Gasteiger partial charge is 0.248 e. The first kappa shape index (κ1) is 14.0. The third-order valence-corrected chi connectivity index (χ3v) is 2.22. The van der Waals surface area contributed by atoms with Gasteiger partial charge in [-0.25, -0.2) is 8.78 Å². The van der Waals surface area contributed by atoms with Crippen molar-refractivity contribution in [1.29, 1.82) is 0 Å². The van der Waals surface area contributed by atoms with Crippen LogP contribution in [0.4, 0.5) is 8.78 Å². The van der Waals surface area contributed by atoms with Gasteiger partial charge >= 0.3 is 0 Å². The van der Waals surface area contributed by atoms with Gasteiger partial charge in [0.1, 0.15) is 17.7 Å². The third-order valence-electron chi connectivity index (χ3n) is 2.22. The van der Waals surface area contributed by atoms with E-state index in [0.717, 1.165) is 12.1 Å². The van der Waals surface area contributed by atoms with Crippen LogP contribution in [-0.4, -0.2) is 29.6 Å². The number of hydrogen-bond acceptors (Lipinski definition) is 3. The van der Waals surface area contributed by atoms with Crippen molar-refractivity contribution in [2.24, 2.45) is 5.73 Å². The maximum absolute atomic E-state index is 13.2. The quantitative estimate of drug-likeness (QED) is 0.663. The molecule has 1 aromatic rings. The molecule has 0 fully saturated rings. The second-order valence-corrected chi connectivity index (χ2v) is 3.60. The second kappa shape index (κ2) is 6.06. The number of benzene rings is 1. The van der Waals surface area contributed by atoms with Crippen LogP contribution in [0.2, 0.25) is 0 Å². The minimum atomic E-state index is -1.53. The molecule has 0 heterocycles. The Morgan fingerprint density at radius 1 is 1.33 bits per heavy atom. The Morgan fingerprint density at radius 3 is 2.39 bits per heavy atom. The molecular formula is C11H12F2N2O3. The minimum Gasteiger partial charge on any atom is -0.381 e. The second-order valence-electron chi connectivity index (χ2n) is 3.60. The van der Waals surface area contributed by atoms with Crippen LogP contribution < -0.4 is 11.1 Å². The van der Waals surface area contributed by atoms with Crippen molar-refractivity contribution in [2.45, 2.75) is 12.5 Å². The Balaban J connectivity index is 2.58. The summed E-state index contributed by atoms with van der Waals surface area (Å²) in [6.07, 6.45) is -2.05. The first-order valence-corrected chi connectivity index (χ1v) is 5.08. The number of rotatable bonds is 5.